The Labute approximate surface area is 206 Å². The highest BCUT2D eigenvalue weighted by atomic mass is 16.2. The van der Waals surface area contributed by atoms with Crippen LogP contribution in [0.15, 0.2) is 133 Å². The topological polar surface area (TPSA) is 40.5 Å². The maximum atomic E-state index is 11.0. The first kappa shape index (κ1) is 22.4. The number of nitrogens with zero attached hydrogens (tertiary/aromatic N) is 1. The normalized spacial score (nSPS) is 10.5. The van der Waals surface area contributed by atoms with Crippen molar-refractivity contribution < 1.29 is 9.82 Å². The zero-order chi connectivity index (χ0) is 24.0. The van der Waals surface area contributed by atoms with E-state index in [0.29, 0.717) is 11.6 Å². The maximum absolute atomic E-state index is 11.0. The van der Waals surface area contributed by atoms with Crippen LogP contribution in [-0.2, 0) is 4.79 Å². The Kier molecular flexibility index (Phi) is 6.56. The number of anilines is 3. The Morgan fingerprint density at radius 2 is 0.829 bits per heavy atom. The van der Waals surface area contributed by atoms with Crippen LogP contribution < -0.4 is 10.4 Å². The van der Waals surface area contributed by atoms with Crippen molar-refractivity contribution in [3.05, 3.63) is 133 Å². The summed E-state index contributed by atoms with van der Waals surface area (Å²) in [6.07, 6.45) is 0.539. The third-order valence-electron chi connectivity index (χ3n) is 6.09. The average Bonchev–Trinajstić information content (AvgIpc) is 2.95. The number of hydrogen-bond acceptors (Lipinski definition) is 3. The highest BCUT2D eigenvalue weighted by Crippen LogP contribution is 2.36. The third-order valence-corrected chi connectivity index (χ3v) is 6.09. The largest absolute Gasteiger partial charge is 0.441 e. The van der Waals surface area contributed by atoms with Crippen LogP contribution in [0, 0.1) is 0 Å². The van der Waals surface area contributed by atoms with Gasteiger partial charge in [0.05, 0.1) is 0 Å². The molecule has 0 aliphatic carbocycles. The molecule has 0 saturated heterocycles. The zero-order valence-corrected chi connectivity index (χ0v) is 19.2. The second-order valence-corrected chi connectivity index (χ2v) is 8.33. The monoisotopic (exact) mass is 453 g/mol. The predicted molar refractivity (Wildman–Crippen MR) is 146 cm³/mol. The van der Waals surface area contributed by atoms with Crippen molar-refractivity contribution in [2.24, 2.45) is 0 Å². The molecular formula is C31H24BNO2. The van der Waals surface area contributed by atoms with Gasteiger partial charge in [0.2, 0.25) is 0 Å². The molecule has 5 rings (SSSR count). The average molecular weight is 453 g/mol. The molecule has 0 heterocycles. The van der Waals surface area contributed by atoms with Gasteiger partial charge in [-0.1, -0.05) is 97.1 Å². The number of carbonyl (C=O) groups excluding carboxylic acids is 1. The molecule has 5 aromatic rings. The maximum Gasteiger partial charge on any atom is 0.395 e. The molecule has 0 radical (unpaired) electrons. The standard InChI is InChI=1S/C31H24BNO2/c34-23-32(35)28-15-21-31(22-16-28)33(29-17-11-26(12-18-29)24-7-3-1-4-8-24)30-19-13-27(14-20-30)25-9-5-2-6-10-25/h1-23,35H. The summed E-state index contributed by atoms with van der Waals surface area (Å²) < 4.78 is 0. The second-order valence-electron chi connectivity index (χ2n) is 8.33. The molecule has 35 heavy (non-hydrogen) atoms. The van der Waals surface area contributed by atoms with Gasteiger partial charge in [0.25, 0.3) is 0 Å². The lowest BCUT2D eigenvalue weighted by atomic mass is 9.63. The first-order chi connectivity index (χ1) is 17.2. The van der Waals surface area contributed by atoms with Crippen molar-refractivity contribution in [3.8, 4) is 22.3 Å². The van der Waals surface area contributed by atoms with E-state index in [0.717, 1.165) is 28.2 Å². The van der Waals surface area contributed by atoms with E-state index in [2.05, 4.69) is 77.7 Å². The van der Waals surface area contributed by atoms with Crippen LogP contribution in [0.1, 0.15) is 0 Å². The fourth-order valence-corrected chi connectivity index (χ4v) is 4.21. The highest BCUT2D eigenvalue weighted by molar-refractivity contribution is 6.89. The molecule has 168 valence electrons. The number of hydrogen-bond donors (Lipinski definition) is 1. The fourth-order valence-electron chi connectivity index (χ4n) is 4.21. The van der Waals surface area contributed by atoms with E-state index in [9.17, 15) is 9.82 Å². The first-order valence-corrected chi connectivity index (χ1v) is 11.6. The van der Waals surface area contributed by atoms with Crippen molar-refractivity contribution in [1.29, 1.82) is 0 Å². The molecule has 0 atom stereocenters. The molecule has 0 aromatic heterocycles. The predicted octanol–water partition coefficient (Wildman–Crippen LogP) is 6.45. The molecule has 1 N–H and O–H groups in total. The third kappa shape index (κ3) is 4.93. The van der Waals surface area contributed by atoms with Gasteiger partial charge in [-0.05, 0) is 64.1 Å². The van der Waals surface area contributed by atoms with Crippen LogP contribution in [0.3, 0.4) is 0 Å². The fraction of sp³-hybridized carbons (Fsp3) is 0. The lowest BCUT2D eigenvalue weighted by Gasteiger charge is -2.26. The van der Waals surface area contributed by atoms with Gasteiger partial charge in [0.15, 0.2) is 0 Å². The van der Waals surface area contributed by atoms with E-state index in [1.54, 1.807) is 12.1 Å². The molecule has 4 heteroatoms. The van der Waals surface area contributed by atoms with E-state index in [1.165, 1.54) is 11.1 Å². The minimum Gasteiger partial charge on any atom is -0.441 e. The summed E-state index contributed by atoms with van der Waals surface area (Å²) in [5.41, 5.74) is 8.18. The van der Waals surface area contributed by atoms with Crippen LogP contribution in [-0.4, -0.2) is 18.1 Å². The van der Waals surface area contributed by atoms with Gasteiger partial charge in [-0.25, -0.2) is 0 Å². The number of rotatable bonds is 7. The second kappa shape index (κ2) is 10.2. The summed E-state index contributed by atoms with van der Waals surface area (Å²) >= 11 is 0. The van der Waals surface area contributed by atoms with Crippen molar-refractivity contribution in [2.75, 3.05) is 4.90 Å². The molecule has 0 amide bonds. The Bertz CT molecular complexity index is 1300. The molecule has 0 fully saturated rings. The van der Waals surface area contributed by atoms with Crippen molar-refractivity contribution in [2.45, 2.75) is 0 Å². The van der Waals surface area contributed by atoms with Crippen molar-refractivity contribution in [1.82, 2.24) is 0 Å². The van der Waals surface area contributed by atoms with Crippen LogP contribution in [0.4, 0.5) is 17.1 Å². The summed E-state index contributed by atoms with van der Waals surface area (Å²) in [4.78, 5) is 13.2. The Hall–Kier alpha value is -4.41. The lowest BCUT2D eigenvalue weighted by molar-refractivity contribution is 0.549. The Morgan fingerprint density at radius 1 is 0.486 bits per heavy atom. The van der Waals surface area contributed by atoms with E-state index in [1.807, 2.05) is 48.5 Å². The molecule has 0 spiro atoms. The van der Waals surface area contributed by atoms with Crippen LogP contribution >= 0.6 is 0 Å². The molecule has 3 nitrogen and oxygen atoms in total. The SMILES string of the molecule is O=CB(O)c1ccc(N(c2ccc(-c3ccccc3)cc2)c2ccc(-c3ccccc3)cc2)cc1. The molecule has 5 aromatic carbocycles. The zero-order valence-electron chi connectivity index (χ0n) is 19.2. The highest BCUT2D eigenvalue weighted by Gasteiger charge is 2.16. The van der Waals surface area contributed by atoms with Gasteiger partial charge in [-0.2, -0.15) is 0 Å². The summed E-state index contributed by atoms with van der Waals surface area (Å²) in [6.45, 7) is -1.12. The van der Waals surface area contributed by atoms with Crippen LogP contribution in [0.25, 0.3) is 22.3 Å². The Morgan fingerprint density at radius 3 is 1.20 bits per heavy atom. The summed E-state index contributed by atoms with van der Waals surface area (Å²) in [5.74, 6) is 0. The molecule has 0 aliphatic heterocycles. The lowest BCUT2D eigenvalue weighted by Crippen LogP contribution is -2.31. The van der Waals surface area contributed by atoms with Gasteiger partial charge in [-0.3, -0.25) is 0 Å². The Balaban J connectivity index is 1.53. The quantitative estimate of drug-likeness (QED) is 0.227. The van der Waals surface area contributed by atoms with Crippen LogP contribution in [0.5, 0.6) is 0 Å². The van der Waals surface area contributed by atoms with E-state index < -0.39 is 6.92 Å². The number of carbonyl (C=O) groups is 1. The molecular weight excluding hydrogens is 429 g/mol. The minimum absolute atomic E-state index is 0.539. The summed E-state index contributed by atoms with van der Waals surface area (Å²) in [7, 11) is 0. The van der Waals surface area contributed by atoms with E-state index in [4.69, 9.17) is 0 Å². The van der Waals surface area contributed by atoms with Gasteiger partial charge in [0, 0.05) is 17.1 Å². The van der Waals surface area contributed by atoms with Gasteiger partial charge in [-0.15, -0.1) is 0 Å². The molecule has 0 bridgehead atoms. The van der Waals surface area contributed by atoms with Gasteiger partial charge < -0.3 is 14.7 Å². The summed E-state index contributed by atoms with van der Waals surface area (Å²) in [6, 6.07) is 45.0. The number of benzene rings is 5. The smallest absolute Gasteiger partial charge is 0.395 e. The van der Waals surface area contributed by atoms with Gasteiger partial charge >= 0.3 is 6.92 Å². The van der Waals surface area contributed by atoms with Crippen LogP contribution in [0.2, 0.25) is 0 Å². The summed E-state index contributed by atoms with van der Waals surface area (Å²) in [5, 5.41) is 9.89. The molecule has 0 unspecified atom stereocenters. The van der Waals surface area contributed by atoms with Crippen molar-refractivity contribution in [3.63, 3.8) is 0 Å². The van der Waals surface area contributed by atoms with E-state index >= 15 is 0 Å². The molecule has 0 saturated carbocycles. The van der Waals surface area contributed by atoms with E-state index in [-0.39, 0.29) is 0 Å². The minimum atomic E-state index is -1.12. The van der Waals surface area contributed by atoms with Crippen molar-refractivity contribution >= 4 is 35.6 Å². The molecule has 0 aliphatic rings. The first-order valence-electron chi connectivity index (χ1n) is 11.6. The van der Waals surface area contributed by atoms with Gasteiger partial charge in [0.1, 0.15) is 6.19 Å².